The summed E-state index contributed by atoms with van der Waals surface area (Å²) >= 11 is 0. The molecule has 2 nitrogen and oxygen atoms in total. The Labute approximate surface area is 92.3 Å². The van der Waals surface area contributed by atoms with Crippen molar-refractivity contribution in [2.45, 2.75) is 32.9 Å². The Morgan fingerprint density at radius 2 is 1.73 bits per heavy atom. The molecule has 1 aromatic carbocycles. The molecule has 1 aromatic rings. The van der Waals surface area contributed by atoms with E-state index in [1.54, 1.807) is 6.92 Å². The molecular weight excluding hydrogens is 186 g/mol. The van der Waals surface area contributed by atoms with Crippen molar-refractivity contribution in [1.29, 1.82) is 0 Å². The Kier molecular flexibility index (Phi) is 4.79. The predicted octanol–water partition coefficient (Wildman–Crippen LogP) is 2.35. The first-order valence-corrected chi connectivity index (χ1v) is 5.57. The van der Waals surface area contributed by atoms with Gasteiger partial charge in [0.05, 0.1) is 6.10 Å². The highest BCUT2D eigenvalue weighted by molar-refractivity contribution is 5.19. The lowest BCUT2D eigenvalue weighted by atomic mass is 9.96. The molecule has 15 heavy (non-hydrogen) atoms. The summed E-state index contributed by atoms with van der Waals surface area (Å²) in [5.41, 5.74) is 1.29. The van der Waals surface area contributed by atoms with Gasteiger partial charge in [0.2, 0.25) is 0 Å². The van der Waals surface area contributed by atoms with E-state index >= 15 is 0 Å². The van der Waals surface area contributed by atoms with Gasteiger partial charge in [0.15, 0.2) is 0 Å². The predicted molar refractivity (Wildman–Crippen MR) is 63.7 cm³/mol. The quantitative estimate of drug-likeness (QED) is 0.777. The van der Waals surface area contributed by atoms with Crippen molar-refractivity contribution in [1.82, 2.24) is 5.32 Å². The van der Waals surface area contributed by atoms with Crippen molar-refractivity contribution in [2.24, 2.45) is 5.92 Å². The smallest absolute Gasteiger partial charge is 0.0636 e. The van der Waals surface area contributed by atoms with Crippen molar-refractivity contribution < 1.29 is 5.11 Å². The first kappa shape index (κ1) is 12.2. The molecular formula is C13H21NO. The van der Waals surface area contributed by atoms with E-state index < -0.39 is 0 Å². The van der Waals surface area contributed by atoms with Crippen LogP contribution in [0, 0.1) is 5.92 Å². The summed E-state index contributed by atoms with van der Waals surface area (Å²) < 4.78 is 0. The number of nitrogens with one attached hydrogen (secondary N) is 1. The van der Waals surface area contributed by atoms with E-state index in [2.05, 4.69) is 43.4 Å². The van der Waals surface area contributed by atoms with E-state index in [1.165, 1.54) is 5.56 Å². The van der Waals surface area contributed by atoms with Crippen LogP contribution in [0.2, 0.25) is 0 Å². The monoisotopic (exact) mass is 207 g/mol. The largest absolute Gasteiger partial charge is 0.392 e. The van der Waals surface area contributed by atoms with Crippen LogP contribution in [0.15, 0.2) is 30.3 Å². The van der Waals surface area contributed by atoms with Crippen molar-refractivity contribution in [3.63, 3.8) is 0 Å². The standard InChI is InChI=1S/C13H21NO/c1-10(2)13(14-9-11(3)15)12-7-5-4-6-8-12/h4-8,10-11,13-15H,9H2,1-3H3/t11-,13+/m1/s1. The molecule has 0 radical (unpaired) electrons. The maximum Gasteiger partial charge on any atom is 0.0636 e. The third-order valence-corrected chi connectivity index (χ3v) is 2.46. The van der Waals surface area contributed by atoms with Crippen LogP contribution in [0.4, 0.5) is 0 Å². The van der Waals surface area contributed by atoms with E-state index in [0.717, 1.165) is 0 Å². The molecule has 2 N–H and O–H groups in total. The van der Waals surface area contributed by atoms with E-state index in [9.17, 15) is 5.11 Å². The van der Waals surface area contributed by atoms with Gasteiger partial charge in [0, 0.05) is 12.6 Å². The second-order valence-corrected chi connectivity index (χ2v) is 4.39. The molecule has 2 atom stereocenters. The average molecular weight is 207 g/mol. The van der Waals surface area contributed by atoms with Crippen LogP contribution >= 0.6 is 0 Å². The molecule has 0 heterocycles. The summed E-state index contributed by atoms with van der Waals surface area (Å²) in [4.78, 5) is 0. The number of hydrogen-bond acceptors (Lipinski definition) is 2. The third kappa shape index (κ3) is 4.02. The maximum absolute atomic E-state index is 9.27. The van der Waals surface area contributed by atoms with E-state index in [-0.39, 0.29) is 6.10 Å². The van der Waals surface area contributed by atoms with Gasteiger partial charge in [-0.3, -0.25) is 0 Å². The van der Waals surface area contributed by atoms with Gasteiger partial charge in [-0.25, -0.2) is 0 Å². The van der Waals surface area contributed by atoms with Crippen molar-refractivity contribution in [3.05, 3.63) is 35.9 Å². The van der Waals surface area contributed by atoms with E-state index in [4.69, 9.17) is 0 Å². The van der Waals surface area contributed by atoms with Gasteiger partial charge >= 0.3 is 0 Å². The Bertz CT molecular complexity index is 269. The summed E-state index contributed by atoms with van der Waals surface area (Å²) in [6.07, 6.45) is -0.296. The highest BCUT2D eigenvalue weighted by Gasteiger charge is 2.14. The minimum atomic E-state index is -0.296. The number of rotatable bonds is 5. The Morgan fingerprint density at radius 1 is 1.13 bits per heavy atom. The lowest BCUT2D eigenvalue weighted by Gasteiger charge is -2.23. The van der Waals surface area contributed by atoms with Crippen molar-refractivity contribution >= 4 is 0 Å². The maximum atomic E-state index is 9.27. The average Bonchev–Trinajstić information content (AvgIpc) is 2.18. The fraction of sp³-hybridized carbons (Fsp3) is 0.538. The minimum Gasteiger partial charge on any atom is -0.392 e. The fourth-order valence-electron chi connectivity index (χ4n) is 1.70. The van der Waals surface area contributed by atoms with Gasteiger partial charge in [-0.2, -0.15) is 0 Å². The molecule has 0 spiro atoms. The Balaban J connectivity index is 2.66. The SMILES string of the molecule is CC(C)[C@H](NC[C@@H](C)O)c1ccccc1. The second kappa shape index (κ2) is 5.89. The molecule has 0 amide bonds. The van der Waals surface area contributed by atoms with E-state index in [0.29, 0.717) is 18.5 Å². The lowest BCUT2D eigenvalue weighted by Crippen LogP contribution is -2.31. The molecule has 0 aliphatic carbocycles. The van der Waals surface area contributed by atoms with Crippen LogP contribution in [0.5, 0.6) is 0 Å². The normalized spacial score (nSPS) is 15.3. The number of aliphatic hydroxyl groups excluding tert-OH is 1. The van der Waals surface area contributed by atoms with Crippen molar-refractivity contribution in [3.8, 4) is 0 Å². The second-order valence-electron chi connectivity index (χ2n) is 4.39. The zero-order valence-electron chi connectivity index (χ0n) is 9.77. The summed E-state index contributed by atoms with van der Waals surface area (Å²) in [6, 6.07) is 10.7. The molecule has 0 bridgehead atoms. The molecule has 1 rings (SSSR count). The minimum absolute atomic E-state index is 0.296. The van der Waals surface area contributed by atoms with Crippen LogP contribution in [0.25, 0.3) is 0 Å². The van der Waals surface area contributed by atoms with Gasteiger partial charge < -0.3 is 10.4 Å². The molecule has 0 saturated carbocycles. The fourth-order valence-corrected chi connectivity index (χ4v) is 1.70. The molecule has 0 saturated heterocycles. The van der Waals surface area contributed by atoms with Crippen LogP contribution in [0.3, 0.4) is 0 Å². The molecule has 84 valence electrons. The van der Waals surface area contributed by atoms with Gasteiger partial charge in [0.1, 0.15) is 0 Å². The molecule has 0 aliphatic rings. The van der Waals surface area contributed by atoms with Crippen LogP contribution in [0.1, 0.15) is 32.4 Å². The Morgan fingerprint density at radius 3 is 2.20 bits per heavy atom. The highest BCUT2D eigenvalue weighted by atomic mass is 16.3. The summed E-state index contributed by atoms with van der Waals surface area (Å²) in [7, 11) is 0. The first-order chi connectivity index (χ1) is 7.11. The first-order valence-electron chi connectivity index (χ1n) is 5.57. The zero-order valence-corrected chi connectivity index (χ0v) is 9.77. The molecule has 0 aromatic heterocycles. The van der Waals surface area contributed by atoms with Crippen LogP contribution in [-0.2, 0) is 0 Å². The van der Waals surface area contributed by atoms with Gasteiger partial charge in [-0.05, 0) is 18.4 Å². The van der Waals surface area contributed by atoms with Gasteiger partial charge in [-0.1, -0.05) is 44.2 Å². The molecule has 2 heteroatoms. The van der Waals surface area contributed by atoms with Crippen LogP contribution < -0.4 is 5.32 Å². The van der Waals surface area contributed by atoms with Crippen LogP contribution in [-0.4, -0.2) is 17.8 Å². The molecule has 0 fully saturated rings. The topological polar surface area (TPSA) is 32.3 Å². The van der Waals surface area contributed by atoms with E-state index in [1.807, 2.05) is 6.07 Å². The number of aliphatic hydroxyl groups is 1. The summed E-state index contributed by atoms with van der Waals surface area (Å²) in [5.74, 6) is 0.520. The molecule has 0 unspecified atom stereocenters. The summed E-state index contributed by atoms with van der Waals surface area (Å²) in [5, 5.41) is 12.7. The van der Waals surface area contributed by atoms with Gasteiger partial charge in [0.25, 0.3) is 0 Å². The number of hydrogen-bond donors (Lipinski definition) is 2. The highest BCUT2D eigenvalue weighted by Crippen LogP contribution is 2.20. The summed E-state index contributed by atoms with van der Waals surface area (Å²) in [6.45, 7) is 6.81. The lowest BCUT2D eigenvalue weighted by molar-refractivity contribution is 0.181. The Hall–Kier alpha value is -0.860. The third-order valence-electron chi connectivity index (χ3n) is 2.46. The van der Waals surface area contributed by atoms with Gasteiger partial charge in [-0.15, -0.1) is 0 Å². The number of benzene rings is 1. The zero-order chi connectivity index (χ0) is 11.3. The molecule has 0 aliphatic heterocycles. The van der Waals surface area contributed by atoms with Crippen molar-refractivity contribution in [2.75, 3.05) is 6.54 Å².